The maximum absolute atomic E-state index is 11.7. The van der Waals surface area contributed by atoms with E-state index in [2.05, 4.69) is 5.32 Å². The first-order valence-electron chi connectivity index (χ1n) is 5.96. The van der Waals surface area contributed by atoms with E-state index in [9.17, 15) is 4.79 Å². The lowest BCUT2D eigenvalue weighted by Gasteiger charge is -2.26. The first-order chi connectivity index (χ1) is 8.55. The first kappa shape index (κ1) is 14.5. The zero-order valence-electron chi connectivity index (χ0n) is 11.4. The molecule has 4 nitrogen and oxygen atoms in total. The number of ether oxygens (including phenoxy) is 2. The minimum atomic E-state index is -0.644. The third-order valence-corrected chi connectivity index (χ3v) is 3.26. The smallest absolute Gasteiger partial charge is 0.325 e. The van der Waals surface area contributed by atoms with Crippen molar-refractivity contribution >= 4 is 5.97 Å². The molecule has 0 saturated heterocycles. The number of hydrogen-bond acceptors (Lipinski definition) is 4. The Morgan fingerprint density at radius 2 is 1.89 bits per heavy atom. The predicted molar refractivity (Wildman–Crippen MR) is 70.8 cm³/mol. The van der Waals surface area contributed by atoms with Gasteiger partial charge in [0, 0.05) is 0 Å². The van der Waals surface area contributed by atoms with Crippen LogP contribution in [0.3, 0.4) is 0 Å². The summed E-state index contributed by atoms with van der Waals surface area (Å²) in [5.41, 5.74) is 0.524. The lowest BCUT2D eigenvalue weighted by Crippen LogP contribution is -2.48. The van der Waals surface area contributed by atoms with Gasteiger partial charge in [0.15, 0.2) is 0 Å². The van der Waals surface area contributed by atoms with Gasteiger partial charge in [-0.15, -0.1) is 0 Å². The third-order valence-electron chi connectivity index (χ3n) is 3.26. The number of esters is 1. The van der Waals surface area contributed by atoms with Gasteiger partial charge in [-0.2, -0.15) is 0 Å². The highest BCUT2D eigenvalue weighted by Gasteiger charge is 2.31. The van der Waals surface area contributed by atoms with Crippen LogP contribution in [0.4, 0.5) is 0 Å². The van der Waals surface area contributed by atoms with E-state index in [1.807, 2.05) is 31.2 Å². The zero-order valence-corrected chi connectivity index (χ0v) is 11.4. The highest BCUT2D eigenvalue weighted by Crippen LogP contribution is 2.18. The predicted octanol–water partition coefficient (Wildman–Crippen LogP) is 1.78. The molecular weight excluding hydrogens is 230 g/mol. The fourth-order valence-electron chi connectivity index (χ4n) is 1.74. The third kappa shape index (κ3) is 3.47. The molecule has 0 saturated carbocycles. The molecule has 1 rings (SSSR count). The van der Waals surface area contributed by atoms with E-state index in [4.69, 9.17) is 9.47 Å². The molecular formula is C14H21NO3. The summed E-state index contributed by atoms with van der Waals surface area (Å²) in [7, 11) is 4.82. The van der Waals surface area contributed by atoms with Crippen LogP contribution in [0.5, 0.6) is 5.75 Å². The standard InChI is InChI=1S/C14H21NO3/c1-14(15-2,13(16)18-4)10-9-11-5-7-12(17-3)8-6-11/h5-8,15H,9-10H2,1-4H3. The number of nitrogens with one attached hydrogen (secondary N) is 1. The number of hydrogen-bond donors (Lipinski definition) is 1. The fraction of sp³-hybridized carbons (Fsp3) is 0.500. The Kier molecular flexibility index (Phi) is 5.16. The SMILES string of the molecule is CNC(C)(CCc1ccc(OC)cc1)C(=O)OC. The quantitative estimate of drug-likeness (QED) is 0.783. The van der Waals surface area contributed by atoms with Crippen LogP contribution in [0.15, 0.2) is 24.3 Å². The van der Waals surface area contributed by atoms with Crippen LogP contribution in [0.2, 0.25) is 0 Å². The molecule has 100 valence electrons. The molecule has 0 fully saturated rings. The van der Waals surface area contributed by atoms with Crippen molar-refractivity contribution < 1.29 is 14.3 Å². The average Bonchev–Trinajstić information content (AvgIpc) is 2.44. The molecule has 0 spiro atoms. The Morgan fingerprint density at radius 1 is 1.28 bits per heavy atom. The molecule has 1 atom stereocenters. The van der Waals surface area contributed by atoms with E-state index in [0.717, 1.165) is 12.2 Å². The van der Waals surface area contributed by atoms with Gasteiger partial charge >= 0.3 is 5.97 Å². The second-order valence-electron chi connectivity index (χ2n) is 4.42. The Bertz CT molecular complexity index is 389. The maximum Gasteiger partial charge on any atom is 0.325 e. The topological polar surface area (TPSA) is 47.6 Å². The summed E-state index contributed by atoms with van der Waals surface area (Å²) in [6.45, 7) is 1.85. The van der Waals surface area contributed by atoms with E-state index >= 15 is 0 Å². The molecule has 0 radical (unpaired) electrons. The Morgan fingerprint density at radius 3 is 2.33 bits per heavy atom. The molecule has 18 heavy (non-hydrogen) atoms. The number of carbonyl (C=O) groups excluding carboxylic acids is 1. The van der Waals surface area contributed by atoms with Gasteiger partial charge in [0.25, 0.3) is 0 Å². The van der Waals surface area contributed by atoms with Crippen LogP contribution < -0.4 is 10.1 Å². The molecule has 1 aromatic rings. The number of benzene rings is 1. The summed E-state index contributed by atoms with van der Waals surface area (Å²) < 4.78 is 9.91. The monoisotopic (exact) mass is 251 g/mol. The van der Waals surface area contributed by atoms with Crippen LogP contribution >= 0.6 is 0 Å². The molecule has 0 aliphatic carbocycles. The van der Waals surface area contributed by atoms with Crippen LogP contribution in [-0.4, -0.2) is 32.8 Å². The largest absolute Gasteiger partial charge is 0.497 e. The molecule has 0 aromatic heterocycles. The molecule has 0 aliphatic rings. The molecule has 1 aromatic carbocycles. The Balaban J connectivity index is 2.64. The Hall–Kier alpha value is -1.55. The molecule has 0 heterocycles. The van der Waals surface area contributed by atoms with E-state index in [1.54, 1.807) is 14.2 Å². The van der Waals surface area contributed by atoms with Gasteiger partial charge in [0.05, 0.1) is 14.2 Å². The van der Waals surface area contributed by atoms with Gasteiger partial charge in [-0.1, -0.05) is 12.1 Å². The summed E-state index contributed by atoms with van der Waals surface area (Å²) in [4.78, 5) is 11.7. The van der Waals surface area contributed by atoms with Crippen molar-refractivity contribution in [3.63, 3.8) is 0 Å². The summed E-state index contributed by atoms with van der Waals surface area (Å²) in [6, 6.07) is 7.85. The summed E-state index contributed by atoms with van der Waals surface area (Å²) >= 11 is 0. The van der Waals surface area contributed by atoms with Gasteiger partial charge in [0.1, 0.15) is 11.3 Å². The van der Waals surface area contributed by atoms with Crippen molar-refractivity contribution in [2.75, 3.05) is 21.3 Å². The second kappa shape index (κ2) is 6.40. The maximum atomic E-state index is 11.7. The Labute approximate surface area is 108 Å². The van der Waals surface area contributed by atoms with E-state index in [-0.39, 0.29) is 5.97 Å². The van der Waals surface area contributed by atoms with Crippen LogP contribution in [0.25, 0.3) is 0 Å². The molecule has 1 N–H and O–H groups in total. The summed E-state index contributed by atoms with van der Waals surface area (Å²) in [5.74, 6) is 0.599. The van der Waals surface area contributed by atoms with Gasteiger partial charge in [-0.05, 0) is 44.5 Å². The van der Waals surface area contributed by atoms with Crippen molar-refractivity contribution in [1.82, 2.24) is 5.32 Å². The average molecular weight is 251 g/mol. The lowest BCUT2D eigenvalue weighted by atomic mass is 9.93. The molecule has 4 heteroatoms. The zero-order chi connectivity index (χ0) is 13.6. The number of rotatable bonds is 6. The summed E-state index contributed by atoms with van der Waals surface area (Å²) in [6.07, 6.45) is 1.49. The minimum Gasteiger partial charge on any atom is -0.497 e. The minimum absolute atomic E-state index is 0.237. The molecule has 0 bridgehead atoms. The normalized spacial score (nSPS) is 13.8. The van der Waals surface area contributed by atoms with Crippen molar-refractivity contribution in [1.29, 1.82) is 0 Å². The van der Waals surface area contributed by atoms with E-state index in [0.29, 0.717) is 6.42 Å². The van der Waals surface area contributed by atoms with E-state index < -0.39 is 5.54 Å². The van der Waals surface area contributed by atoms with Gasteiger partial charge in [-0.25, -0.2) is 0 Å². The molecule has 1 unspecified atom stereocenters. The second-order valence-corrected chi connectivity index (χ2v) is 4.42. The lowest BCUT2D eigenvalue weighted by molar-refractivity contribution is -0.147. The number of carbonyl (C=O) groups is 1. The highest BCUT2D eigenvalue weighted by atomic mass is 16.5. The van der Waals surface area contributed by atoms with Gasteiger partial charge in [0.2, 0.25) is 0 Å². The van der Waals surface area contributed by atoms with Crippen molar-refractivity contribution in [3.8, 4) is 5.75 Å². The van der Waals surface area contributed by atoms with Crippen molar-refractivity contribution in [2.24, 2.45) is 0 Å². The fourth-order valence-corrected chi connectivity index (χ4v) is 1.74. The first-order valence-corrected chi connectivity index (χ1v) is 5.96. The molecule has 0 amide bonds. The van der Waals surface area contributed by atoms with Crippen molar-refractivity contribution in [2.45, 2.75) is 25.3 Å². The van der Waals surface area contributed by atoms with Crippen molar-refractivity contribution in [3.05, 3.63) is 29.8 Å². The number of aryl methyl sites for hydroxylation is 1. The summed E-state index contributed by atoms with van der Waals surface area (Å²) in [5, 5.41) is 3.02. The number of likely N-dealkylation sites (N-methyl/N-ethyl adjacent to an activating group) is 1. The van der Waals surface area contributed by atoms with E-state index in [1.165, 1.54) is 12.7 Å². The van der Waals surface area contributed by atoms with Crippen LogP contribution in [0, 0.1) is 0 Å². The van der Waals surface area contributed by atoms with Crippen LogP contribution in [-0.2, 0) is 16.0 Å². The van der Waals surface area contributed by atoms with Gasteiger partial charge < -0.3 is 14.8 Å². The highest BCUT2D eigenvalue weighted by molar-refractivity contribution is 5.80. The number of methoxy groups -OCH3 is 2. The molecule has 0 aliphatic heterocycles. The van der Waals surface area contributed by atoms with Gasteiger partial charge in [-0.3, -0.25) is 4.79 Å². The van der Waals surface area contributed by atoms with Crippen LogP contribution in [0.1, 0.15) is 18.9 Å².